The van der Waals surface area contributed by atoms with E-state index >= 15 is 0 Å². The van der Waals surface area contributed by atoms with Crippen LogP contribution in [0.3, 0.4) is 0 Å². The summed E-state index contributed by atoms with van der Waals surface area (Å²) < 4.78 is 11.1. The molecule has 2 saturated carbocycles. The van der Waals surface area contributed by atoms with E-state index in [0.29, 0.717) is 12.2 Å². The molecule has 3 nitrogen and oxygen atoms in total. The molecule has 3 heteroatoms. The van der Waals surface area contributed by atoms with Gasteiger partial charge in [-0.25, -0.2) is 0 Å². The Bertz CT molecular complexity index is 245. The molecule has 0 radical (unpaired) electrons. The zero-order valence-electron chi connectivity index (χ0n) is 9.62. The fourth-order valence-electron chi connectivity index (χ4n) is 3.30. The molecule has 2 fully saturated rings. The molecule has 0 aromatic rings. The lowest BCUT2D eigenvalue weighted by molar-refractivity contribution is -0.265. The Labute approximate surface area is 91.1 Å². The molecule has 0 amide bonds. The average Bonchev–Trinajstić information content (AvgIpc) is 2.31. The van der Waals surface area contributed by atoms with Gasteiger partial charge in [0.1, 0.15) is 5.78 Å². The van der Waals surface area contributed by atoms with E-state index < -0.39 is 5.79 Å². The van der Waals surface area contributed by atoms with Gasteiger partial charge in [0, 0.05) is 38.9 Å². The minimum Gasteiger partial charge on any atom is -0.353 e. The number of hydrogen-bond donors (Lipinski definition) is 0. The van der Waals surface area contributed by atoms with Gasteiger partial charge >= 0.3 is 0 Å². The zero-order chi connectivity index (χ0) is 10.9. The molecule has 2 unspecified atom stereocenters. The molecule has 0 aliphatic heterocycles. The zero-order valence-corrected chi connectivity index (χ0v) is 9.62. The van der Waals surface area contributed by atoms with Gasteiger partial charge in [-0.15, -0.1) is 0 Å². The molecule has 86 valence electrons. The molecule has 2 aliphatic rings. The molecule has 2 rings (SSSR count). The van der Waals surface area contributed by atoms with Gasteiger partial charge in [-0.05, 0) is 12.8 Å². The van der Waals surface area contributed by atoms with Crippen LogP contribution >= 0.6 is 0 Å². The van der Waals surface area contributed by atoms with Gasteiger partial charge in [-0.3, -0.25) is 4.79 Å². The van der Waals surface area contributed by atoms with Crippen molar-refractivity contribution in [1.29, 1.82) is 0 Å². The van der Waals surface area contributed by atoms with Crippen molar-refractivity contribution in [2.45, 2.75) is 44.3 Å². The highest BCUT2D eigenvalue weighted by atomic mass is 16.7. The molecule has 0 N–H and O–H groups in total. The Morgan fingerprint density at radius 1 is 1.20 bits per heavy atom. The second kappa shape index (κ2) is 4.22. The van der Waals surface area contributed by atoms with Gasteiger partial charge < -0.3 is 9.47 Å². The largest absolute Gasteiger partial charge is 0.353 e. The third kappa shape index (κ3) is 1.72. The molecule has 0 spiro atoms. The summed E-state index contributed by atoms with van der Waals surface area (Å²) in [6.07, 6.45) is 5.80. The van der Waals surface area contributed by atoms with Crippen LogP contribution in [-0.2, 0) is 14.3 Å². The molecular weight excluding hydrogens is 192 g/mol. The first-order valence-corrected chi connectivity index (χ1v) is 5.86. The summed E-state index contributed by atoms with van der Waals surface area (Å²) in [7, 11) is 3.40. The standard InChI is InChI=1S/C12H20O3/c1-14-12(15-2)8-7-11(13)9-5-3-4-6-10(9)12/h9-10H,3-8H2,1-2H3. The fourth-order valence-corrected chi connectivity index (χ4v) is 3.30. The van der Waals surface area contributed by atoms with Crippen LogP contribution in [0.25, 0.3) is 0 Å². The van der Waals surface area contributed by atoms with Crippen LogP contribution in [0.5, 0.6) is 0 Å². The normalized spacial score (nSPS) is 34.9. The predicted molar refractivity (Wildman–Crippen MR) is 56.4 cm³/mol. The average molecular weight is 212 g/mol. The second-order valence-corrected chi connectivity index (χ2v) is 4.68. The smallest absolute Gasteiger partial charge is 0.171 e. The van der Waals surface area contributed by atoms with E-state index in [-0.39, 0.29) is 11.8 Å². The topological polar surface area (TPSA) is 35.5 Å². The minimum absolute atomic E-state index is 0.187. The molecule has 0 heterocycles. The predicted octanol–water partition coefficient (Wildman–Crippen LogP) is 2.14. The summed E-state index contributed by atoms with van der Waals surface area (Å²) in [5.74, 6) is 0.401. The van der Waals surface area contributed by atoms with E-state index in [0.717, 1.165) is 19.3 Å². The number of carbonyl (C=O) groups is 1. The lowest BCUT2D eigenvalue weighted by Gasteiger charge is -2.47. The monoisotopic (exact) mass is 212 g/mol. The van der Waals surface area contributed by atoms with Gasteiger partial charge in [0.15, 0.2) is 5.79 Å². The number of fused-ring (bicyclic) bond motifs is 1. The molecule has 0 aromatic carbocycles. The Morgan fingerprint density at radius 2 is 1.87 bits per heavy atom. The number of ketones is 1. The van der Waals surface area contributed by atoms with Crippen LogP contribution < -0.4 is 0 Å². The molecule has 15 heavy (non-hydrogen) atoms. The first kappa shape index (κ1) is 11.1. The number of ether oxygens (including phenoxy) is 2. The maximum atomic E-state index is 11.8. The van der Waals surface area contributed by atoms with Crippen molar-refractivity contribution in [3.8, 4) is 0 Å². The van der Waals surface area contributed by atoms with Crippen LogP contribution in [-0.4, -0.2) is 25.8 Å². The highest BCUT2D eigenvalue weighted by molar-refractivity contribution is 5.82. The Morgan fingerprint density at radius 3 is 2.53 bits per heavy atom. The third-order valence-electron chi connectivity index (χ3n) is 4.16. The Kier molecular flexibility index (Phi) is 3.12. The van der Waals surface area contributed by atoms with E-state index in [1.165, 1.54) is 12.8 Å². The lowest BCUT2D eigenvalue weighted by atomic mass is 9.67. The van der Waals surface area contributed by atoms with Gasteiger partial charge in [0.05, 0.1) is 0 Å². The van der Waals surface area contributed by atoms with Crippen molar-refractivity contribution in [2.75, 3.05) is 14.2 Å². The number of carbonyl (C=O) groups excluding carboxylic acids is 1. The number of rotatable bonds is 2. The van der Waals surface area contributed by atoms with Crippen molar-refractivity contribution in [1.82, 2.24) is 0 Å². The summed E-state index contributed by atoms with van der Waals surface area (Å²) >= 11 is 0. The van der Waals surface area contributed by atoms with Crippen LogP contribution in [0.15, 0.2) is 0 Å². The van der Waals surface area contributed by atoms with E-state index in [1.807, 2.05) is 0 Å². The summed E-state index contributed by atoms with van der Waals surface area (Å²) in [5, 5.41) is 0. The van der Waals surface area contributed by atoms with Gasteiger partial charge in [-0.1, -0.05) is 12.8 Å². The Hall–Kier alpha value is -0.410. The number of Topliss-reactive ketones (excluding diaryl/α,β-unsaturated/α-hetero) is 1. The Balaban J connectivity index is 2.23. The van der Waals surface area contributed by atoms with Crippen LogP contribution in [0.1, 0.15) is 38.5 Å². The molecule has 0 aromatic heterocycles. The molecule has 0 bridgehead atoms. The molecule has 2 aliphatic carbocycles. The van der Waals surface area contributed by atoms with Crippen molar-refractivity contribution >= 4 is 5.78 Å². The fraction of sp³-hybridized carbons (Fsp3) is 0.917. The molecule has 0 saturated heterocycles. The highest BCUT2D eigenvalue weighted by Gasteiger charge is 2.50. The molecular formula is C12H20O3. The minimum atomic E-state index is -0.487. The lowest BCUT2D eigenvalue weighted by Crippen LogP contribution is -2.52. The summed E-state index contributed by atoms with van der Waals surface area (Å²) in [4.78, 5) is 11.8. The maximum absolute atomic E-state index is 11.8. The summed E-state index contributed by atoms with van der Waals surface area (Å²) in [5.41, 5.74) is 0. The van der Waals surface area contributed by atoms with Crippen molar-refractivity contribution < 1.29 is 14.3 Å². The first-order valence-electron chi connectivity index (χ1n) is 5.86. The van der Waals surface area contributed by atoms with Gasteiger partial charge in [0.2, 0.25) is 0 Å². The first-order chi connectivity index (χ1) is 7.23. The van der Waals surface area contributed by atoms with E-state index in [9.17, 15) is 4.79 Å². The van der Waals surface area contributed by atoms with Gasteiger partial charge in [-0.2, -0.15) is 0 Å². The highest BCUT2D eigenvalue weighted by Crippen LogP contribution is 2.46. The van der Waals surface area contributed by atoms with Crippen LogP contribution in [0.4, 0.5) is 0 Å². The summed E-state index contributed by atoms with van der Waals surface area (Å²) in [6, 6.07) is 0. The quantitative estimate of drug-likeness (QED) is 0.658. The molecule has 2 atom stereocenters. The van der Waals surface area contributed by atoms with E-state index in [2.05, 4.69) is 0 Å². The van der Waals surface area contributed by atoms with Crippen molar-refractivity contribution in [3.63, 3.8) is 0 Å². The maximum Gasteiger partial charge on any atom is 0.171 e. The van der Waals surface area contributed by atoms with Crippen LogP contribution in [0, 0.1) is 11.8 Å². The van der Waals surface area contributed by atoms with Gasteiger partial charge in [0.25, 0.3) is 0 Å². The second-order valence-electron chi connectivity index (χ2n) is 4.68. The van der Waals surface area contributed by atoms with Crippen molar-refractivity contribution in [3.05, 3.63) is 0 Å². The van der Waals surface area contributed by atoms with E-state index in [1.54, 1.807) is 14.2 Å². The van der Waals surface area contributed by atoms with E-state index in [4.69, 9.17) is 9.47 Å². The van der Waals surface area contributed by atoms with Crippen LogP contribution in [0.2, 0.25) is 0 Å². The SMILES string of the molecule is COC1(OC)CCC(=O)C2CCCCC21. The summed E-state index contributed by atoms with van der Waals surface area (Å²) in [6.45, 7) is 0. The number of methoxy groups -OCH3 is 2. The number of hydrogen-bond acceptors (Lipinski definition) is 3. The third-order valence-corrected chi connectivity index (χ3v) is 4.16. The van der Waals surface area contributed by atoms with Crippen molar-refractivity contribution in [2.24, 2.45) is 11.8 Å².